The van der Waals surface area contributed by atoms with Gasteiger partial charge in [0.15, 0.2) is 0 Å². The standard InChI is InChI=1S/C12H19N5/c1-10(2)15-12-13-5-7-17(12)6-4-11-8-14-16(3)9-11/h5,7-10H,4,6H2,1-3H3,(H,13,15). The van der Waals surface area contributed by atoms with Crippen LogP contribution in [0.5, 0.6) is 0 Å². The fourth-order valence-electron chi connectivity index (χ4n) is 1.74. The summed E-state index contributed by atoms with van der Waals surface area (Å²) in [6, 6.07) is 0.398. The third-order valence-corrected chi connectivity index (χ3v) is 2.53. The van der Waals surface area contributed by atoms with Crippen molar-refractivity contribution in [3.8, 4) is 0 Å². The Kier molecular flexibility index (Phi) is 3.46. The normalized spacial score (nSPS) is 11.1. The van der Waals surface area contributed by atoms with Crippen molar-refractivity contribution >= 4 is 5.95 Å². The highest BCUT2D eigenvalue weighted by molar-refractivity contribution is 5.27. The number of hydrogen-bond donors (Lipinski definition) is 1. The summed E-state index contributed by atoms with van der Waals surface area (Å²) in [4.78, 5) is 4.30. The molecule has 0 aliphatic carbocycles. The Hall–Kier alpha value is -1.78. The van der Waals surface area contributed by atoms with Gasteiger partial charge in [0.25, 0.3) is 0 Å². The van der Waals surface area contributed by atoms with E-state index in [9.17, 15) is 0 Å². The van der Waals surface area contributed by atoms with Crippen LogP contribution in [0.4, 0.5) is 5.95 Å². The van der Waals surface area contributed by atoms with Crippen LogP contribution in [-0.4, -0.2) is 25.4 Å². The zero-order valence-corrected chi connectivity index (χ0v) is 10.6. The molecular formula is C12H19N5. The van der Waals surface area contributed by atoms with E-state index in [4.69, 9.17) is 0 Å². The summed E-state index contributed by atoms with van der Waals surface area (Å²) < 4.78 is 3.96. The Morgan fingerprint density at radius 2 is 2.24 bits per heavy atom. The lowest BCUT2D eigenvalue weighted by Gasteiger charge is -2.11. The van der Waals surface area contributed by atoms with Crippen molar-refractivity contribution in [2.45, 2.75) is 32.9 Å². The fourth-order valence-corrected chi connectivity index (χ4v) is 1.74. The molecule has 0 bridgehead atoms. The van der Waals surface area contributed by atoms with E-state index in [0.29, 0.717) is 6.04 Å². The molecule has 1 N–H and O–H groups in total. The van der Waals surface area contributed by atoms with Gasteiger partial charge in [-0.25, -0.2) is 4.98 Å². The zero-order chi connectivity index (χ0) is 12.3. The molecule has 0 aromatic carbocycles. The highest BCUT2D eigenvalue weighted by Crippen LogP contribution is 2.08. The number of nitrogens with zero attached hydrogens (tertiary/aromatic N) is 4. The molecule has 0 atom stereocenters. The number of aromatic nitrogens is 4. The van der Waals surface area contributed by atoms with E-state index in [0.717, 1.165) is 18.9 Å². The van der Waals surface area contributed by atoms with Crippen LogP contribution in [0.15, 0.2) is 24.8 Å². The van der Waals surface area contributed by atoms with Crippen molar-refractivity contribution in [3.63, 3.8) is 0 Å². The van der Waals surface area contributed by atoms with Crippen molar-refractivity contribution in [1.82, 2.24) is 19.3 Å². The van der Waals surface area contributed by atoms with Gasteiger partial charge in [-0.15, -0.1) is 0 Å². The first-order valence-corrected chi connectivity index (χ1v) is 5.90. The smallest absolute Gasteiger partial charge is 0.202 e. The monoisotopic (exact) mass is 233 g/mol. The van der Waals surface area contributed by atoms with E-state index in [1.54, 1.807) is 0 Å². The van der Waals surface area contributed by atoms with Gasteiger partial charge >= 0.3 is 0 Å². The molecule has 2 aromatic rings. The molecule has 0 radical (unpaired) electrons. The van der Waals surface area contributed by atoms with E-state index >= 15 is 0 Å². The van der Waals surface area contributed by atoms with Crippen LogP contribution >= 0.6 is 0 Å². The Labute approximate surface area is 101 Å². The molecule has 2 rings (SSSR count). The molecule has 0 unspecified atom stereocenters. The van der Waals surface area contributed by atoms with E-state index in [1.807, 2.05) is 36.5 Å². The highest BCUT2D eigenvalue weighted by atomic mass is 15.2. The number of rotatable bonds is 5. The van der Waals surface area contributed by atoms with Crippen LogP contribution in [-0.2, 0) is 20.0 Å². The van der Waals surface area contributed by atoms with E-state index in [-0.39, 0.29) is 0 Å². The van der Waals surface area contributed by atoms with E-state index in [1.165, 1.54) is 5.56 Å². The fraction of sp³-hybridized carbons (Fsp3) is 0.500. The molecule has 5 nitrogen and oxygen atoms in total. The van der Waals surface area contributed by atoms with Crippen molar-refractivity contribution in [2.24, 2.45) is 7.05 Å². The summed E-state index contributed by atoms with van der Waals surface area (Å²) in [6.45, 7) is 5.14. The maximum Gasteiger partial charge on any atom is 0.202 e. The van der Waals surface area contributed by atoms with Gasteiger partial charge in [-0.05, 0) is 25.8 Å². The second-order valence-corrected chi connectivity index (χ2v) is 4.52. The number of hydrogen-bond acceptors (Lipinski definition) is 3. The quantitative estimate of drug-likeness (QED) is 0.854. The second kappa shape index (κ2) is 5.03. The van der Waals surface area contributed by atoms with Gasteiger partial charge in [0.1, 0.15) is 0 Å². The molecular weight excluding hydrogens is 214 g/mol. The van der Waals surface area contributed by atoms with Crippen LogP contribution in [0.3, 0.4) is 0 Å². The lowest BCUT2D eigenvalue weighted by molar-refractivity contribution is 0.690. The summed E-state index contributed by atoms with van der Waals surface area (Å²) in [7, 11) is 1.94. The summed E-state index contributed by atoms with van der Waals surface area (Å²) in [5.41, 5.74) is 1.25. The Bertz CT molecular complexity index is 469. The summed E-state index contributed by atoms with van der Waals surface area (Å²) in [5.74, 6) is 0.934. The van der Waals surface area contributed by atoms with Gasteiger partial charge in [-0.2, -0.15) is 5.10 Å². The first-order valence-electron chi connectivity index (χ1n) is 5.90. The Morgan fingerprint density at radius 3 is 2.88 bits per heavy atom. The number of aryl methyl sites for hydroxylation is 3. The predicted octanol–water partition coefficient (Wildman–Crippen LogP) is 1.68. The third-order valence-electron chi connectivity index (χ3n) is 2.53. The van der Waals surface area contributed by atoms with Crippen LogP contribution in [0.1, 0.15) is 19.4 Å². The van der Waals surface area contributed by atoms with Crippen LogP contribution in [0, 0.1) is 0 Å². The molecule has 92 valence electrons. The van der Waals surface area contributed by atoms with Gasteiger partial charge in [0.05, 0.1) is 6.20 Å². The van der Waals surface area contributed by atoms with E-state index in [2.05, 4.69) is 33.8 Å². The van der Waals surface area contributed by atoms with Crippen molar-refractivity contribution in [3.05, 3.63) is 30.4 Å². The molecule has 0 aliphatic rings. The van der Waals surface area contributed by atoms with Crippen LogP contribution < -0.4 is 5.32 Å². The van der Waals surface area contributed by atoms with E-state index < -0.39 is 0 Å². The minimum Gasteiger partial charge on any atom is -0.353 e. The summed E-state index contributed by atoms with van der Waals surface area (Å²) in [5, 5.41) is 7.49. The van der Waals surface area contributed by atoms with Gasteiger partial charge in [-0.1, -0.05) is 0 Å². The zero-order valence-electron chi connectivity index (χ0n) is 10.6. The number of nitrogens with one attached hydrogen (secondary N) is 1. The van der Waals surface area contributed by atoms with Crippen LogP contribution in [0.25, 0.3) is 0 Å². The molecule has 5 heteroatoms. The minimum atomic E-state index is 0.398. The molecule has 0 amide bonds. The van der Waals surface area contributed by atoms with Gasteiger partial charge < -0.3 is 9.88 Å². The average molecular weight is 233 g/mol. The lowest BCUT2D eigenvalue weighted by Crippen LogP contribution is -2.15. The summed E-state index contributed by atoms with van der Waals surface area (Å²) in [6.07, 6.45) is 8.75. The van der Waals surface area contributed by atoms with Gasteiger partial charge in [0, 0.05) is 38.2 Å². The molecule has 0 fully saturated rings. The van der Waals surface area contributed by atoms with Crippen molar-refractivity contribution in [2.75, 3.05) is 5.32 Å². The third kappa shape index (κ3) is 3.09. The van der Waals surface area contributed by atoms with Crippen molar-refractivity contribution < 1.29 is 0 Å². The highest BCUT2D eigenvalue weighted by Gasteiger charge is 2.04. The maximum absolute atomic E-state index is 4.30. The lowest BCUT2D eigenvalue weighted by atomic mass is 10.2. The predicted molar refractivity (Wildman–Crippen MR) is 67.9 cm³/mol. The minimum absolute atomic E-state index is 0.398. The van der Waals surface area contributed by atoms with Crippen molar-refractivity contribution in [1.29, 1.82) is 0 Å². The number of imidazole rings is 1. The molecule has 17 heavy (non-hydrogen) atoms. The molecule has 2 heterocycles. The topological polar surface area (TPSA) is 47.7 Å². The SMILES string of the molecule is CC(C)Nc1nccn1CCc1cnn(C)c1. The Balaban J connectivity index is 1.97. The average Bonchev–Trinajstić information content (AvgIpc) is 2.84. The van der Waals surface area contributed by atoms with Gasteiger partial charge in [0.2, 0.25) is 5.95 Å². The molecule has 0 aliphatic heterocycles. The molecule has 0 spiro atoms. The first-order chi connectivity index (χ1) is 8.15. The molecule has 0 saturated carbocycles. The van der Waals surface area contributed by atoms with Crippen LogP contribution in [0.2, 0.25) is 0 Å². The van der Waals surface area contributed by atoms with Gasteiger partial charge in [-0.3, -0.25) is 4.68 Å². The Morgan fingerprint density at radius 1 is 1.41 bits per heavy atom. The largest absolute Gasteiger partial charge is 0.353 e. The molecule has 0 saturated heterocycles. The summed E-state index contributed by atoms with van der Waals surface area (Å²) >= 11 is 0. The number of anilines is 1. The first kappa shape index (κ1) is 11.7. The molecule has 2 aromatic heterocycles. The maximum atomic E-state index is 4.30. The second-order valence-electron chi connectivity index (χ2n) is 4.52.